The molecule has 0 radical (unpaired) electrons. The number of hydrogen-bond donors (Lipinski definition) is 2. The zero-order valence-electron chi connectivity index (χ0n) is 14.6. The molecule has 0 aromatic heterocycles. The summed E-state index contributed by atoms with van der Waals surface area (Å²) in [6, 6.07) is 0.528. The zero-order valence-corrected chi connectivity index (χ0v) is 16.9. The number of likely N-dealkylation sites (N-methyl/N-ethyl adjacent to an activating group) is 1. The van der Waals surface area contributed by atoms with Crippen molar-refractivity contribution in [2.75, 3.05) is 66.6 Å². The Kier molecular flexibility index (Phi) is 13.3. The largest absolute Gasteiger partial charge is 0.382 e. The first kappa shape index (κ1) is 21.9. The van der Waals surface area contributed by atoms with Gasteiger partial charge in [0.2, 0.25) is 0 Å². The minimum Gasteiger partial charge on any atom is -0.382 e. The molecule has 0 aromatic rings. The van der Waals surface area contributed by atoms with E-state index in [2.05, 4.69) is 39.4 Å². The SMILES string of the molecule is CCOCCCNC(=NC)NCC(C)N1CCN(C)CC1.I. The highest BCUT2D eigenvalue weighted by Crippen LogP contribution is 2.03. The van der Waals surface area contributed by atoms with E-state index in [1.54, 1.807) is 0 Å². The summed E-state index contributed by atoms with van der Waals surface area (Å²) in [4.78, 5) is 9.18. The molecule has 0 saturated carbocycles. The highest BCUT2D eigenvalue weighted by molar-refractivity contribution is 14.0. The van der Waals surface area contributed by atoms with Crippen molar-refractivity contribution >= 4 is 29.9 Å². The van der Waals surface area contributed by atoms with Crippen LogP contribution in [0.5, 0.6) is 0 Å². The summed E-state index contributed by atoms with van der Waals surface area (Å²) in [6.07, 6.45) is 1.00. The van der Waals surface area contributed by atoms with Gasteiger partial charge in [-0.05, 0) is 27.3 Å². The number of aliphatic imine (C=N–C) groups is 1. The topological polar surface area (TPSA) is 52.1 Å². The predicted octanol–water partition coefficient (Wildman–Crippen LogP) is 0.832. The smallest absolute Gasteiger partial charge is 0.191 e. The number of ether oxygens (including phenoxy) is 1. The minimum atomic E-state index is 0. The van der Waals surface area contributed by atoms with Crippen molar-refractivity contribution in [1.82, 2.24) is 20.4 Å². The van der Waals surface area contributed by atoms with Crippen LogP contribution in [0.3, 0.4) is 0 Å². The summed E-state index contributed by atoms with van der Waals surface area (Å²) in [7, 11) is 4.01. The highest BCUT2D eigenvalue weighted by atomic mass is 127. The van der Waals surface area contributed by atoms with E-state index in [1.165, 1.54) is 0 Å². The van der Waals surface area contributed by atoms with E-state index in [1.807, 2.05) is 14.0 Å². The van der Waals surface area contributed by atoms with Gasteiger partial charge >= 0.3 is 0 Å². The van der Waals surface area contributed by atoms with Crippen molar-refractivity contribution in [2.24, 2.45) is 4.99 Å². The monoisotopic (exact) mass is 427 g/mol. The Hall–Kier alpha value is -0.120. The molecule has 1 fully saturated rings. The standard InChI is InChI=1S/C15H33N5O.HI/c1-5-21-12-6-7-17-15(16-3)18-13-14(2)20-10-8-19(4)9-11-20;/h14H,5-13H2,1-4H3,(H2,16,17,18);1H. The van der Waals surface area contributed by atoms with Gasteiger partial charge in [-0.1, -0.05) is 0 Å². The van der Waals surface area contributed by atoms with Crippen LogP contribution in [-0.4, -0.2) is 88.4 Å². The first-order valence-corrected chi connectivity index (χ1v) is 8.12. The van der Waals surface area contributed by atoms with Crippen LogP contribution in [-0.2, 0) is 4.74 Å². The number of nitrogens with zero attached hydrogens (tertiary/aromatic N) is 3. The second-order valence-electron chi connectivity index (χ2n) is 5.62. The summed E-state index contributed by atoms with van der Waals surface area (Å²) >= 11 is 0. The molecule has 0 amide bonds. The molecule has 6 nitrogen and oxygen atoms in total. The first-order chi connectivity index (χ1) is 10.2. The number of piperazine rings is 1. The summed E-state index contributed by atoms with van der Waals surface area (Å²) < 4.78 is 5.32. The van der Waals surface area contributed by atoms with Gasteiger partial charge in [0.25, 0.3) is 0 Å². The lowest BCUT2D eigenvalue weighted by atomic mass is 10.2. The maximum Gasteiger partial charge on any atom is 0.191 e. The highest BCUT2D eigenvalue weighted by Gasteiger charge is 2.18. The molecule has 1 heterocycles. The van der Waals surface area contributed by atoms with Crippen LogP contribution in [0, 0.1) is 0 Å². The van der Waals surface area contributed by atoms with E-state index in [9.17, 15) is 0 Å². The van der Waals surface area contributed by atoms with Gasteiger partial charge in [0, 0.05) is 65.6 Å². The van der Waals surface area contributed by atoms with Crippen molar-refractivity contribution in [1.29, 1.82) is 0 Å². The molecule has 0 spiro atoms. The van der Waals surface area contributed by atoms with E-state index < -0.39 is 0 Å². The van der Waals surface area contributed by atoms with Gasteiger partial charge < -0.3 is 20.3 Å². The lowest BCUT2D eigenvalue weighted by molar-refractivity contribution is 0.120. The molecular weight excluding hydrogens is 393 g/mol. The van der Waals surface area contributed by atoms with Crippen LogP contribution in [0.1, 0.15) is 20.3 Å². The third kappa shape index (κ3) is 9.12. The predicted molar refractivity (Wildman–Crippen MR) is 104 cm³/mol. The molecule has 22 heavy (non-hydrogen) atoms. The second kappa shape index (κ2) is 13.3. The molecule has 0 aromatic carbocycles. The number of guanidine groups is 1. The fraction of sp³-hybridized carbons (Fsp3) is 0.933. The average molecular weight is 427 g/mol. The summed E-state index contributed by atoms with van der Waals surface area (Å²) in [5, 5.41) is 6.74. The van der Waals surface area contributed by atoms with Crippen molar-refractivity contribution in [3.05, 3.63) is 0 Å². The van der Waals surface area contributed by atoms with Crippen LogP contribution in [0.2, 0.25) is 0 Å². The fourth-order valence-corrected chi connectivity index (χ4v) is 2.38. The van der Waals surface area contributed by atoms with E-state index in [0.29, 0.717) is 6.04 Å². The molecule has 1 rings (SSSR count). The molecule has 1 aliphatic heterocycles. The molecule has 0 bridgehead atoms. The van der Waals surface area contributed by atoms with E-state index in [-0.39, 0.29) is 24.0 Å². The molecular formula is C15H34IN5O. The maximum atomic E-state index is 5.32. The Bertz CT molecular complexity index is 296. The third-order valence-electron chi connectivity index (χ3n) is 3.91. The molecule has 7 heteroatoms. The van der Waals surface area contributed by atoms with Crippen LogP contribution in [0.15, 0.2) is 4.99 Å². The number of rotatable bonds is 8. The van der Waals surface area contributed by atoms with Gasteiger partial charge in [-0.2, -0.15) is 0 Å². The van der Waals surface area contributed by atoms with E-state index >= 15 is 0 Å². The van der Waals surface area contributed by atoms with Crippen molar-refractivity contribution in [3.63, 3.8) is 0 Å². The number of hydrogen-bond acceptors (Lipinski definition) is 4. The molecule has 1 unspecified atom stereocenters. The minimum absolute atomic E-state index is 0. The summed E-state index contributed by atoms with van der Waals surface area (Å²) in [6.45, 7) is 12.3. The molecule has 1 aliphatic rings. The van der Waals surface area contributed by atoms with Crippen LogP contribution in [0.25, 0.3) is 0 Å². The van der Waals surface area contributed by atoms with Gasteiger partial charge in [0.15, 0.2) is 5.96 Å². The summed E-state index contributed by atoms with van der Waals surface area (Å²) in [5.74, 6) is 0.882. The molecule has 1 atom stereocenters. The maximum absolute atomic E-state index is 5.32. The molecule has 132 valence electrons. The lowest BCUT2D eigenvalue weighted by Gasteiger charge is -2.36. The number of halogens is 1. The van der Waals surface area contributed by atoms with Crippen molar-refractivity contribution in [3.8, 4) is 0 Å². The lowest BCUT2D eigenvalue weighted by Crippen LogP contribution is -2.52. The Morgan fingerprint density at radius 2 is 1.91 bits per heavy atom. The third-order valence-corrected chi connectivity index (χ3v) is 3.91. The van der Waals surface area contributed by atoms with Crippen molar-refractivity contribution in [2.45, 2.75) is 26.3 Å². The van der Waals surface area contributed by atoms with Crippen LogP contribution >= 0.6 is 24.0 Å². The Labute approximate surface area is 153 Å². The Morgan fingerprint density at radius 3 is 2.50 bits per heavy atom. The number of nitrogens with one attached hydrogen (secondary N) is 2. The van der Waals surface area contributed by atoms with Crippen molar-refractivity contribution < 1.29 is 4.74 Å². The first-order valence-electron chi connectivity index (χ1n) is 8.12. The van der Waals surface area contributed by atoms with Gasteiger partial charge in [-0.3, -0.25) is 9.89 Å². The van der Waals surface area contributed by atoms with Gasteiger partial charge in [-0.15, -0.1) is 24.0 Å². The van der Waals surface area contributed by atoms with Gasteiger partial charge in [0.1, 0.15) is 0 Å². The average Bonchev–Trinajstić information content (AvgIpc) is 2.50. The molecule has 0 aliphatic carbocycles. The molecule has 2 N–H and O–H groups in total. The Morgan fingerprint density at radius 1 is 1.23 bits per heavy atom. The Balaban J connectivity index is 0.00000441. The fourth-order valence-electron chi connectivity index (χ4n) is 2.38. The zero-order chi connectivity index (χ0) is 15.5. The van der Waals surface area contributed by atoms with E-state index in [4.69, 9.17) is 4.74 Å². The molecule has 1 saturated heterocycles. The quantitative estimate of drug-likeness (QED) is 0.260. The van der Waals surface area contributed by atoms with E-state index in [0.717, 1.165) is 64.9 Å². The van der Waals surface area contributed by atoms with Gasteiger partial charge in [0.05, 0.1) is 0 Å². The van der Waals surface area contributed by atoms with Gasteiger partial charge in [-0.25, -0.2) is 0 Å². The summed E-state index contributed by atoms with van der Waals surface area (Å²) in [5.41, 5.74) is 0. The van der Waals surface area contributed by atoms with Crippen LogP contribution < -0.4 is 10.6 Å². The van der Waals surface area contributed by atoms with Crippen LogP contribution in [0.4, 0.5) is 0 Å². The second-order valence-corrected chi connectivity index (χ2v) is 5.62. The normalized spacial score (nSPS) is 18.6.